The normalized spacial score (nSPS) is 22.4. The molecule has 0 amide bonds. The van der Waals surface area contributed by atoms with Crippen LogP contribution in [0.5, 0.6) is 11.6 Å². The van der Waals surface area contributed by atoms with Gasteiger partial charge in [-0.15, -0.1) is 11.8 Å². The van der Waals surface area contributed by atoms with Crippen molar-refractivity contribution in [1.82, 2.24) is 4.98 Å². The highest BCUT2D eigenvalue weighted by molar-refractivity contribution is 9.10. The standard InChI is InChI=1S/C18H19BrFN3OS/c1-17(2)16(21)23-18(3,10-25-17)13-9-12(4-5-14(13)20)24-15-8-11(19)6-7-22-15/h4-9H,10H2,1-3H3,(H2,21,23)/t18-/m0/s1. The number of amidine groups is 1. The predicted molar refractivity (Wildman–Crippen MR) is 104 cm³/mol. The molecule has 1 aliphatic heterocycles. The average Bonchev–Trinajstić information content (AvgIpc) is 2.54. The van der Waals surface area contributed by atoms with Crippen molar-refractivity contribution >= 4 is 33.5 Å². The van der Waals surface area contributed by atoms with Crippen molar-refractivity contribution in [3.05, 3.63) is 52.4 Å². The molecular formula is C18H19BrFN3OS. The van der Waals surface area contributed by atoms with Crippen LogP contribution in [0.1, 0.15) is 26.3 Å². The molecule has 132 valence electrons. The Morgan fingerprint density at radius 2 is 2.00 bits per heavy atom. The van der Waals surface area contributed by atoms with Gasteiger partial charge in [-0.3, -0.25) is 4.99 Å². The lowest BCUT2D eigenvalue weighted by atomic mass is 9.93. The van der Waals surface area contributed by atoms with E-state index >= 15 is 0 Å². The lowest BCUT2D eigenvalue weighted by molar-refractivity contribution is 0.451. The molecule has 2 N–H and O–H groups in total. The summed E-state index contributed by atoms with van der Waals surface area (Å²) in [6.45, 7) is 5.93. The Kier molecular flexibility index (Phi) is 4.81. The maximum absolute atomic E-state index is 14.5. The van der Waals surface area contributed by atoms with Crippen LogP contribution in [-0.2, 0) is 5.54 Å². The highest BCUT2D eigenvalue weighted by Crippen LogP contribution is 2.42. The summed E-state index contributed by atoms with van der Waals surface area (Å²) < 4.78 is 20.9. The third kappa shape index (κ3) is 3.82. The molecule has 0 unspecified atom stereocenters. The van der Waals surface area contributed by atoms with Gasteiger partial charge in [-0.2, -0.15) is 0 Å². The summed E-state index contributed by atoms with van der Waals surface area (Å²) in [7, 11) is 0. The first-order valence-corrected chi connectivity index (χ1v) is 9.57. The molecule has 2 aromatic rings. The molecule has 1 aromatic carbocycles. The van der Waals surface area contributed by atoms with E-state index < -0.39 is 5.54 Å². The Morgan fingerprint density at radius 1 is 1.24 bits per heavy atom. The number of nitrogens with zero attached hydrogens (tertiary/aromatic N) is 2. The van der Waals surface area contributed by atoms with Crippen LogP contribution in [0.25, 0.3) is 0 Å². The zero-order valence-electron chi connectivity index (χ0n) is 14.2. The first-order chi connectivity index (χ1) is 11.7. The SMILES string of the molecule is CC1(C)SC[C@@](C)(c2cc(Oc3cc(Br)ccn3)ccc2F)N=C1N. The zero-order chi connectivity index (χ0) is 18.2. The lowest BCUT2D eigenvalue weighted by Gasteiger charge is -2.37. The topological polar surface area (TPSA) is 60.5 Å². The molecule has 0 spiro atoms. The molecule has 1 atom stereocenters. The Labute approximate surface area is 159 Å². The highest BCUT2D eigenvalue weighted by atomic mass is 79.9. The van der Waals surface area contributed by atoms with Crippen molar-refractivity contribution in [1.29, 1.82) is 0 Å². The van der Waals surface area contributed by atoms with E-state index in [-0.39, 0.29) is 10.6 Å². The van der Waals surface area contributed by atoms with Gasteiger partial charge in [0.25, 0.3) is 0 Å². The van der Waals surface area contributed by atoms with E-state index in [2.05, 4.69) is 25.9 Å². The molecule has 0 radical (unpaired) electrons. The van der Waals surface area contributed by atoms with Crippen LogP contribution >= 0.6 is 27.7 Å². The Hall–Kier alpha value is -1.60. The maximum Gasteiger partial charge on any atom is 0.220 e. The number of hydrogen-bond acceptors (Lipinski definition) is 5. The molecule has 0 saturated carbocycles. The third-order valence-corrected chi connectivity index (χ3v) is 6.27. The van der Waals surface area contributed by atoms with E-state index in [4.69, 9.17) is 10.5 Å². The number of aliphatic imine (C=N–C) groups is 1. The number of rotatable bonds is 3. The number of thioether (sulfide) groups is 1. The molecule has 1 aromatic heterocycles. The number of hydrogen-bond donors (Lipinski definition) is 1. The smallest absolute Gasteiger partial charge is 0.220 e. The summed E-state index contributed by atoms with van der Waals surface area (Å²) >= 11 is 5.04. The fourth-order valence-corrected chi connectivity index (χ4v) is 3.88. The van der Waals surface area contributed by atoms with Gasteiger partial charge >= 0.3 is 0 Å². The second-order valence-electron chi connectivity index (χ2n) is 6.63. The van der Waals surface area contributed by atoms with Gasteiger partial charge in [-0.1, -0.05) is 15.9 Å². The second-order valence-corrected chi connectivity index (χ2v) is 9.14. The average molecular weight is 424 g/mol. The number of halogens is 2. The second kappa shape index (κ2) is 6.61. The molecule has 7 heteroatoms. The van der Waals surface area contributed by atoms with Gasteiger partial charge in [-0.25, -0.2) is 9.37 Å². The molecule has 0 saturated heterocycles. The number of pyridine rings is 1. The number of aromatic nitrogens is 1. The summed E-state index contributed by atoms with van der Waals surface area (Å²) in [4.78, 5) is 8.77. The third-order valence-electron chi connectivity index (χ3n) is 4.14. The van der Waals surface area contributed by atoms with Gasteiger partial charge in [0.2, 0.25) is 5.88 Å². The Morgan fingerprint density at radius 3 is 2.68 bits per heavy atom. The predicted octanol–water partition coefficient (Wildman–Crippen LogP) is 4.87. The first-order valence-electron chi connectivity index (χ1n) is 7.79. The quantitative estimate of drug-likeness (QED) is 0.764. The van der Waals surface area contributed by atoms with Gasteiger partial charge in [0.15, 0.2) is 0 Å². The largest absolute Gasteiger partial charge is 0.439 e. The lowest BCUT2D eigenvalue weighted by Crippen LogP contribution is -2.44. The molecule has 3 rings (SSSR count). The first kappa shape index (κ1) is 18.2. The van der Waals surface area contributed by atoms with Gasteiger partial charge < -0.3 is 10.5 Å². The summed E-state index contributed by atoms with van der Waals surface area (Å²) in [6.07, 6.45) is 1.63. The van der Waals surface area contributed by atoms with Gasteiger partial charge in [0.05, 0.1) is 10.3 Å². The molecule has 4 nitrogen and oxygen atoms in total. The van der Waals surface area contributed by atoms with E-state index in [0.717, 1.165) is 4.47 Å². The molecule has 25 heavy (non-hydrogen) atoms. The van der Waals surface area contributed by atoms with E-state index in [9.17, 15) is 4.39 Å². The van der Waals surface area contributed by atoms with Crippen LogP contribution in [0.15, 0.2) is 46.0 Å². The maximum atomic E-state index is 14.5. The molecular weight excluding hydrogens is 405 g/mol. The molecule has 0 bridgehead atoms. The van der Waals surface area contributed by atoms with Crippen molar-refractivity contribution in [3.8, 4) is 11.6 Å². The van der Waals surface area contributed by atoms with Crippen molar-refractivity contribution in [3.63, 3.8) is 0 Å². The van der Waals surface area contributed by atoms with E-state index in [1.807, 2.05) is 26.8 Å². The minimum absolute atomic E-state index is 0.246. The molecule has 2 heterocycles. The van der Waals surface area contributed by atoms with Crippen molar-refractivity contribution in [2.75, 3.05) is 5.75 Å². The van der Waals surface area contributed by atoms with Gasteiger partial charge in [-0.05, 0) is 45.0 Å². The summed E-state index contributed by atoms with van der Waals surface area (Å²) in [5.74, 6) is 1.77. The van der Waals surface area contributed by atoms with Crippen LogP contribution in [-0.4, -0.2) is 21.3 Å². The Balaban J connectivity index is 1.96. The van der Waals surface area contributed by atoms with E-state index in [1.54, 1.807) is 36.2 Å². The molecule has 0 fully saturated rings. The number of nitrogens with two attached hydrogens (primary N) is 1. The molecule has 1 aliphatic rings. The van der Waals surface area contributed by atoms with Crippen LogP contribution in [0.4, 0.5) is 4.39 Å². The minimum Gasteiger partial charge on any atom is -0.439 e. The van der Waals surface area contributed by atoms with Crippen molar-refractivity contribution in [2.24, 2.45) is 10.7 Å². The molecule has 0 aliphatic carbocycles. The number of benzene rings is 1. The van der Waals surface area contributed by atoms with Crippen LogP contribution < -0.4 is 10.5 Å². The van der Waals surface area contributed by atoms with Crippen molar-refractivity contribution < 1.29 is 9.13 Å². The van der Waals surface area contributed by atoms with Gasteiger partial charge in [0, 0.05) is 28.1 Å². The van der Waals surface area contributed by atoms with Crippen LogP contribution in [0.2, 0.25) is 0 Å². The monoisotopic (exact) mass is 423 g/mol. The summed E-state index contributed by atoms with van der Waals surface area (Å²) in [6, 6.07) is 8.21. The highest BCUT2D eigenvalue weighted by Gasteiger charge is 2.39. The summed E-state index contributed by atoms with van der Waals surface area (Å²) in [5, 5.41) is 0. The van der Waals surface area contributed by atoms with Crippen LogP contribution in [0, 0.1) is 5.82 Å². The summed E-state index contributed by atoms with van der Waals surface area (Å²) in [5.41, 5.74) is 5.84. The van der Waals surface area contributed by atoms with E-state index in [0.29, 0.717) is 28.8 Å². The minimum atomic E-state index is -0.738. The van der Waals surface area contributed by atoms with Crippen molar-refractivity contribution in [2.45, 2.75) is 31.1 Å². The number of ether oxygens (including phenoxy) is 1. The van der Waals surface area contributed by atoms with Crippen LogP contribution in [0.3, 0.4) is 0 Å². The van der Waals surface area contributed by atoms with E-state index in [1.165, 1.54) is 6.07 Å². The zero-order valence-corrected chi connectivity index (χ0v) is 16.6. The Bertz CT molecular complexity index is 843. The fourth-order valence-electron chi connectivity index (χ4n) is 2.51. The van der Waals surface area contributed by atoms with Gasteiger partial charge in [0.1, 0.15) is 17.4 Å². The fraction of sp³-hybridized carbons (Fsp3) is 0.333.